The number of nitrogens with one attached hydrogen (secondary N) is 2. The standard InChI is InChI=1S/C14H22N4O/c1-10-3-2-4-11(7-10)8-17-14(19)12-5-6-16-9-13(12)18-15/h5-6,9-11,18H,2-4,7-8,15H2,1H3,(H,17,19). The summed E-state index contributed by atoms with van der Waals surface area (Å²) in [4.78, 5) is 16.1. The number of nitrogens with zero attached hydrogens (tertiary/aromatic N) is 1. The minimum Gasteiger partial charge on any atom is -0.352 e. The van der Waals surface area contributed by atoms with E-state index in [1.54, 1.807) is 18.5 Å². The first-order valence-corrected chi connectivity index (χ1v) is 6.89. The average Bonchev–Trinajstić information content (AvgIpc) is 2.45. The summed E-state index contributed by atoms with van der Waals surface area (Å²) < 4.78 is 0. The number of aromatic nitrogens is 1. The van der Waals surface area contributed by atoms with Crippen molar-refractivity contribution in [3.63, 3.8) is 0 Å². The van der Waals surface area contributed by atoms with Crippen molar-refractivity contribution in [2.45, 2.75) is 32.6 Å². The summed E-state index contributed by atoms with van der Waals surface area (Å²) >= 11 is 0. The van der Waals surface area contributed by atoms with E-state index in [1.807, 2.05) is 0 Å². The van der Waals surface area contributed by atoms with Gasteiger partial charge in [0, 0.05) is 12.7 Å². The number of hydrogen-bond donors (Lipinski definition) is 3. The molecule has 1 amide bonds. The summed E-state index contributed by atoms with van der Waals surface area (Å²) in [5.41, 5.74) is 3.59. The molecule has 0 aliphatic heterocycles. The second-order valence-corrected chi connectivity index (χ2v) is 5.41. The summed E-state index contributed by atoms with van der Waals surface area (Å²) in [6, 6.07) is 1.67. The number of pyridine rings is 1. The van der Waals surface area contributed by atoms with E-state index >= 15 is 0 Å². The quantitative estimate of drug-likeness (QED) is 0.572. The molecular weight excluding hydrogens is 240 g/mol. The Morgan fingerprint density at radius 3 is 3.11 bits per heavy atom. The minimum absolute atomic E-state index is 0.0893. The molecule has 5 heteroatoms. The van der Waals surface area contributed by atoms with Crippen LogP contribution in [0.15, 0.2) is 18.5 Å². The molecular formula is C14H22N4O. The van der Waals surface area contributed by atoms with Crippen LogP contribution in [0.1, 0.15) is 43.0 Å². The number of anilines is 1. The van der Waals surface area contributed by atoms with Gasteiger partial charge in [-0.15, -0.1) is 0 Å². The van der Waals surface area contributed by atoms with Crippen LogP contribution in [-0.2, 0) is 0 Å². The second kappa shape index (κ2) is 6.52. The van der Waals surface area contributed by atoms with Gasteiger partial charge < -0.3 is 10.7 Å². The van der Waals surface area contributed by atoms with Crippen LogP contribution in [0, 0.1) is 11.8 Å². The first-order chi connectivity index (χ1) is 9.20. The smallest absolute Gasteiger partial charge is 0.253 e. The monoisotopic (exact) mass is 262 g/mol. The van der Waals surface area contributed by atoms with Crippen LogP contribution in [0.4, 0.5) is 5.69 Å². The molecule has 1 aliphatic rings. The second-order valence-electron chi connectivity index (χ2n) is 5.41. The summed E-state index contributed by atoms with van der Waals surface area (Å²) in [5, 5.41) is 3.00. The molecule has 2 rings (SSSR count). The largest absolute Gasteiger partial charge is 0.352 e. The van der Waals surface area contributed by atoms with Crippen molar-refractivity contribution in [1.82, 2.24) is 10.3 Å². The van der Waals surface area contributed by atoms with E-state index in [9.17, 15) is 4.79 Å². The van der Waals surface area contributed by atoms with Crippen LogP contribution in [0.3, 0.4) is 0 Å². The average molecular weight is 262 g/mol. The first-order valence-electron chi connectivity index (χ1n) is 6.89. The highest BCUT2D eigenvalue weighted by Gasteiger charge is 2.20. The number of carbonyl (C=O) groups is 1. The summed E-state index contributed by atoms with van der Waals surface area (Å²) in [6.07, 6.45) is 8.15. The zero-order valence-corrected chi connectivity index (χ0v) is 11.4. The van der Waals surface area contributed by atoms with Gasteiger partial charge in [0.05, 0.1) is 17.4 Å². The van der Waals surface area contributed by atoms with Gasteiger partial charge in [0.25, 0.3) is 5.91 Å². The van der Waals surface area contributed by atoms with E-state index in [0.29, 0.717) is 17.2 Å². The number of nitrogen functional groups attached to an aromatic ring is 1. The Bertz CT molecular complexity index is 435. The maximum atomic E-state index is 12.1. The van der Waals surface area contributed by atoms with Crippen LogP contribution in [0.5, 0.6) is 0 Å². The van der Waals surface area contributed by atoms with E-state index in [0.717, 1.165) is 12.5 Å². The first kappa shape index (κ1) is 13.8. The predicted octanol–water partition coefficient (Wildman–Crippen LogP) is 1.92. The highest BCUT2D eigenvalue weighted by molar-refractivity contribution is 5.99. The Hall–Kier alpha value is -1.62. The molecule has 0 spiro atoms. The van der Waals surface area contributed by atoms with Gasteiger partial charge in [-0.1, -0.05) is 19.8 Å². The SMILES string of the molecule is CC1CCCC(CNC(=O)c2ccncc2NN)C1. The fourth-order valence-electron chi connectivity index (χ4n) is 2.78. The molecule has 0 saturated heterocycles. The van der Waals surface area contributed by atoms with Gasteiger partial charge in [-0.2, -0.15) is 0 Å². The Kier molecular flexibility index (Phi) is 4.74. The van der Waals surface area contributed by atoms with Crippen LogP contribution >= 0.6 is 0 Å². The van der Waals surface area contributed by atoms with E-state index in [1.165, 1.54) is 25.7 Å². The molecule has 2 unspecified atom stereocenters. The van der Waals surface area contributed by atoms with Crippen molar-refractivity contribution in [2.24, 2.45) is 17.7 Å². The van der Waals surface area contributed by atoms with Gasteiger partial charge in [-0.3, -0.25) is 15.6 Å². The molecule has 1 aromatic heterocycles. The topological polar surface area (TPSA) is 80.0 Å². The third-order valence-corrected chi connectivity index (χ3v) is 3.82. The molecule has 104 valence electrons. The summed E-state index contributed by atoms with van der Waals surface area (Å²) in [5.74, 6) is 6.66. The summed E-state index contributed by atoms with van der Waals surface area (Å²) in [6.45, 7) is 3.03. The number of rotatable bonds is 4. The number of nitrogens with two attached hydrogens (primary N) is 1. The maximum Gasteiger partial charge on any atom is 0.253 e. The van der Waals surface area contributed by atoms with Crippen LogP contribution in [0.2, 0.25) is 0 Å². The lowest BCUT2D eigenvalue weighted by molar-refractivity contribution is 0.0941. The molecule has 0 bridgehead atoms. The van der Waals surface area contributed by atoms with Crippen LogP contribution in [-0.4, -0.2) is 17.4 Å². The number of amides is 1. The molecule has 5 nitrogen and oxygen atoms in total. The summed E-state index contributed by atoms with van der Waals surface area (Å²) in [7, 11) is 0. The van der Waals surface area contributed by atoms with E-state index in [4.69, 9.17) is 5.84 Å². The van der Waals surface area contributed by atoms with Gasteiger partial charge in [0.2, 0.25) is 0 Å². The molecule has 1 saturated carbocycles. The van der Waals surface area contributed by atoms with E-state index in [-0.39, 0.29) is 5.91 Å². The number of hydrogen-bond acceptors (Lipinski definition) is 4. The molecule has 1 fully saturated rings. The van der Waals surface area contributed by atoms with Crippen molar-refractivity contribution in [1.29, 1.82) is 0 Å². The molecule has 0 aromatic carbocycles. The predicted molar refractivity (Wildman–Crippen MR) is 75.5 cm³/mol. The van der Waals surface area contributed by atoms with Gasteiger partial charge in [-0.05, 0) is 30.7 Å². The van der Waals surface area contributed by atoms with Crippen molar-refractivity contribution >= 4 is 11.6 Å². The minimum atomic E-state index is -0.0893. The van der Waals surface area contributed by atoms with Gasteiger partial charge in [-0.25, -0.2) is 0 Å². The Morgan fingerprint density at radius 1 is 1.53 bits per heavy atom. The van der Waals surface area contributed by atoms with E-state index < -0.39 is 0 Å². The van der Waals surface area contributed by atoms with Gasteiger partial charge in [0.1, 0.15) is 0 Å². The number of hydrazine groups is 1. The van der Waals surface area contributed by atoms with Crippen LogP contribution in [0.25, 0.3) is 0 Å². The Morgan fingerprint density at radius 2 is 2.37 bits per heavy atom. The molecule has 2 atom stereocenters. The fraction of sp³-hybridized carbons (Fsp3) is 0.571. The highest BCUT2D eigenvalue weighted by Crippen LogP contribution is 2.28. The number of carbonyl (C=O) groups excluding carboxylic acids is 1. The highest BCUT2D eigenvalue weighted by atomic mass is 16.1. The van der Waals surface area contributed by atoms with Crippen LogP contribution < -0.4 is 16.6 Å². The lowest BCUT2D eigenvalue weighted by atomic mass is 9.82. The Balaban J connectivity index is 1.90. The zero-order valence-electron chi connectivity index (χ0n) is 11.4. The van der Waals surface area contributed by atoms with Gasteiger partial charge >= 0.3 is 0 Å². The van der Waals surface area contributed by atoms with Crippen molar-refractivity contribution in [3.05, 3.63) is 24.0 Å². The lowest BCUT2D eigenvalue weighted by Gasteiger charge is -2.26. The normalized spacial score (nSPS) is 22.8. The molecule has 1 aromatic rings. The van der Waals surface area contributed by atoms with Crippen molar-refractivity contribution in [3.8, 4) is 0 Å². The maximum absolute atomic E-state index is 12.1. The van der Waals surface area contributed by atoms with Crippen molar-refractivity contribution < 1.29 is 4.79 Å². The van der Waals surface area contributed by atoms with E-state index in [2.05, 4.69) is 22.7 Å². The van der Waals surface area contributed by atoms with Gasteiger partial charge in [0.15, 0.2) is 0 Å². The lowest BCUT2D eigenvalue weighted by Crippen LogP contribution is -2.32. The third kappa shape index (κ3) is 3.67. The zero-order chi connectivity index (χ0) is 13.7. The van der Waals surface area contributed by atoms with Crippen molar-refractivity contribution in [2.75, 3.05) is 12.0 Å². The Labute approximate surface area is 114 Å². The molecule has 1 heterocycles. The fourth-order valence-corrected chi connectivity index (χ4v) is 2.78. The molecule has 19 heavy (non-hydrogen) atoms. The molecule has 0 radical (unpaired) electrons. The third-order valence-electron chi connectivity index (χ3n) is 3.82. The molecule has 4 N–H and O–H groups in total. The molecule has 1 aliphatic carbocycles.